The molecule has 0 spiro atoms. The summed E-state index contributed by atoms with van der Waals surface area (Å²) in [7, 11) is 0. The van der Waals surface area contributed by atoms with Gasteiger partial charge in [0.25, 0.3) is 0 Å². The molecule has 0 saturated heterocycles. The summed E-state index contributed by atoms with van der Waals surface area (Å²) in [4.78, 5) is 0. The molecule has 0 amide bonds. The SMILES string of the molecule is CC(C)c1ccccc1NCc1ccc(O)c(O)c1. The Bertz CT molecular complexity index is 564. The van der Waals surface area contributed by atoms with Crippen molar-refractivity contribution in [2.24, 2.45) is 0 Å². The molecule has 0 atom stereocenters. The summed E-state index contributed by atoms with van der Waals surface area (Å²) in [5.41, 5.74) is 3.30. The maximum atomic E-state index is 9.46. The first-order valence-corrected chi connectivity index (χ1v) is 6.41. The van der Waals surface area contributed by atoms with Crippen molar-refractivity contribution in [1.82, 2.24) is 0 Å². The van der Waals surface area contributed by atoms with Crippen molar-refractivity contribution in [3.63, 3.8) is 0 Å². The van der Waals surface area contributed by atoms with Gasteiger partial charge in [0.2, 0.25) is 0 Å². The lowest BCUT2D eigenvalue weighted by molar-refractivity contribution is 0.403. The predicted molar refractivity (Wildman–Crippen MR) is 77.6 cm³/mol. The molecule has 0 bridgehead atoms. The lowest BCUT2D eigenvalue weighted by Crippen LogP contribution is -2.03. The van der Waals surface area contributed by atoms with Crippen molar-refractivity contribution in [1.29, 1.82) is 0 Å². The molecular formula is C16H19NO2. The molecular weight excluding hydrogens is 238 g/mol. The minimum atomic E-state index is -0.0914. The van der Waals surface area contributed by atoms with Crippen LogP contribution in [0.4, 0.5) is 5.69 Å². The number of nitrogens with one attached hydrogen (secondary N) is 1. The highest BCUT2D eigenvalue weighted by Crippen LogP contribution is 2.27. The van der Waals surface area contributed by atoms with Crippen LogP contribution in [0.2, 0.25) is 0 Å². The number of hydrogen-bond donors (Lipinski definition) is 3. The van der Waals surface area contributed by atoms with Crippen LogP contribution in [-0.4, -0.2) is 10.2 Å². The summed E-state index contributed by atoms with van der Waals surface area (Å²) in [6.07, 6.45) is 0. The van der Waals surface area contributed by atoms with E-state index < -0.39 is 0 Å². The molecule has 2 aromatic rings. The highest BCUT2D eigenvalue weighted by Gasteiger charge is 2.06. The van der Waals surface area contributed by atoms with E-state index >= 15 is 0 Å². The number of anilines is 1. The quantitative estimate of drug-likeness (QED) is 0.729. The predicted octanol–water partition coefficient (Wildman–Crippen LogP) is 3.83. The normalized spacial score (nSPS) is 10.7. The standard InChI is InChI=1S/C16H19NO2/c1-11(2)13-5-3-4-6-14(13)17-10-12-7-8-15(18)16(19)9-12/h3-9,11,17-19H,10H2,1-2H3. The Morgan fingerprint density at radius 3 is 2.42 bits per heavy atom. The molecule has 0 heterocycles. The van der Waals surface area contributed by atoms with Crippen LogP contribution in [0.1, 0.15) is 30.9 Å². The minimum Gasteiger partial charge on any atom is -0.504 e. The molecule has 0 aliphatic carbocycles. The number of benzene rings is 2. The minimum absolute atomic E-state index is 0.0866. The largest absolute Gasteiger partial charge is 0.504 e. The Labute approximate surface area is 113 Å². The second-order valence-electron chi connectivity index (χ2n) is 4.92. The van der Waals surface area contributed by atoms with Crippen molar-refractivity contribution >= 4 is 5.69 Å². The number of aromatic hydroxyl groups is 2. The molecule has 0 fully saturated rings. The molecule has 19 heavy (non-hydrogen) atoms. The van der Waals surface area contributed by atoms with Crippen LogP contribution in [0.3, 0.4) is 0 Å². The third-order valence-electron chi connectivity index (χ3n) is 3.11. The first-order valence-electron chi connectivity index (χ1n) is 6.41. The summed E-state index contributed by atoms with van der Waals surface area (Å²) in [6, 6.07) is 13.1. The lowest BCUT2D eigenvalue weighted by atomic mass is 10.0. The van der Waals surface area contributed by atoms with Gasteiger partial charge in [-0.15, -0.1) is 0 Å². The molecule has 100 valence electrons. The summed E-state index contributed by atoms with van der Waals surface area (Å²) < 4.78 is 0. The number of phenolic OH excluding ortho intramolecular Hbond substituents is 2. The van der Waals surface area contributed by atoms with Gasteiger partial charge in [0.15, 0.2) is 11.5 Å². The number of para-hydroxylation sites is 1. The van der Waals surface area contributed by atoms with Crippen LogP contribution in [0.25, 0.3) is 0 Å². The van der Waals surface area contributed by atoms with Crippen LogP contribution < -0.4 is 5.32 Å². The van der Waals surface area contributed by atoms with Gasteiger partial charge in [-0.3, -0.25) is 0 Å². The van der Waals surface area contributed by atoms with Crippen molar-refractivity contribution < 1.29 is 10.2 Å². The van der Waals surface area contributed by atoms with E-state index in [-0.39, 0.29) is 11.5 Å². The third kappa shape index (κ3) is 3.19. The van der Waals surface area contributed by atoms with Gasteiger partial charge in [-0.2, -0.15) is 0 Å². The zero-order valence-corrected chi connectivity index (χ0v) is 11.2. The van der Waals surface area contributed by atoms with Crippen LogP contribution in [0, 0.1) is 0 Å². The van der Waals surface area contributed by atoms with Gasteiger partial charge in [-0.1, -0.05) is 38.1 Å². The Balaban J connectivity index is 2.12. The maximum absolute atomic E-state index is 9.46. The molecule has 0 aliphatic rings. The summed E-state index contributed by atoms with van der Waals surface area (Å²) in [6.45, 7) is 4.93. The van der Waals surface area contributed by atoms with E-state index in [9.17, 15) is 10.2 Å². The number of rotatable bonds is 4. The van der Waals surface area contributed by atoms with Crippen molar-refractivity contribution in [2.75, 3.05) is 5.32 Å². The molecule has 2 aromatic carbocycles. The van der Waals surface area contributed by atoms with Gasteiger partial charge in [0.05, 0.1) is 0 Å². The van der Waals surface area contributed by atoms with Crippen LogP contribution in [-0.2, 0) is 6.54 Å². The van der Waals surface area contributed by atoms with E-state index in [4.69, 9.17) is 0 Å². The Kier molecular flexibility index (Phi) is 3.95. The molecule has 3 N–H and O–H groups in total. The lowest BCUT2D eigenvalue weighted by Gasteiger charge is -2.14. The fourth-order valence-corrected chi connectivity index (χ4v) is 2.04. The number of phenols is 2. The van der Waals surface area contributed by atoms with E-state index in [1.807, 2.05) is 12.1 Å². The molecule has 3 heteroatoms. The van der Waals surface area contributed by atoms with E-state index in [0.29, 0.717) is 12.5 Å². The molecule has 0 radical (unpaired) electrons. The first-order chi connectivity index (χ1) is 9.08. The van der Waals surface area contributed by atoms with E-state index in [2.05, 4.69) is 31.3 Å². The molecule has 0 aliphatic heterocycles. The average molecular weight is 257 g/mol. The summed E-state index contributed by atoms with van der Waals surface area (Å²) in [5, 5.41) is 22.1. The van der Waals surface area contributed by atoms with Crippen molar-refractivity contribution in [2.45, 2.75) is 26.3 Å². The molecule has 2 rings (SSSR count). The van der Waals surface area contributed by atoms with Gasteiger partial charge >= 0.3 is 0 Å². The smallest absolute Gasteiger partial charge is 0.157 e. The van der Waals surface area contributed by atoms with E-state index in [1.165, 1.54) is 11.6 Å². The maximum Gasteiger partial charge on any atom is 0.157 e. The Hall–Kier alpha value is -2.16. The van der Waals surface area contributed by atoms with Gasteiger partial charge < -0.3 is 15.5 Å². The number of hydrogen-bond acceptors (Lipinski definition) is 3. The third-order valence-corrected chi connectivity index (χ3v) is 3.11. The molecule has 3 nitrogen and oxygen atoms in total. The molecule has 0 saturated carbocycles. The van der Waals surface area contributed by atoms with E-state index in [0.717, 1.165) is 11.3 Å². The summed E-state index contributed by atoms with van der Waals surface area (Å²) in [5.74, 6) is 0.277. The van der Waals surface area contributed by atoms with Crippen molar-refractivity contribution in [3.05, 3.63) is 53.6 Å². The Morgan fingerprint density at radius 1 is 1.00 bits per heavy atom. The fraction of sp³-hybridized carbons (Fsp3) is 0.250. The fourth-order valence-electron chi connectivity index (χ4n) is 2.04. The highest BCUT2D eigenvalue weighted by atomic mass is 16.3. The molecule has 0 unspecified atom stereocenters. The monoisotopic (exact) mass is 257 g/mol. The van der Waals surface area contributed by atoms with Gasteiger partial charge in [0.1, 0.15) is 0 Å². The average Bonchev–Trinajstić information content (AvgIpc) is 2.40. The van der Waals surface area contributed by atoms with Crippen LogP contribution >= 0.6 is 0 Å². The Morgan fingerprint density at radius 2 is 1.74 bits per heavy atom. The first kappa shape index (κ1) is 13.3. The topological polar surface area (TPSA) is 52.5 Å². The second-order valence-corrected chi connectivity index (χ2v) is 4.92. The zero-order valence-electron chi connectivity index (χ0n) is 11.2. The van der Waals surface area contributed by atoms with Crippen molar-refractivity contribution in [3.8, 4) is 11.5 Å². The van der Waals surface area contributed by atoms with Gasteiger partial charge in [0, 0.05) is 12.2 Å². The highest BCUT2D eigenvalue weighted by molar-refractivity contribution is 5.53. The zero-order chi connectivity index (χ0) is 13.8. The summed E-state index contributed by atoms with van der Waals surface area (Å²) >= 11 is 0. The second kappa shape index (κ2) is 5.65. The van der Waals surface area contributed by atoms with E-state index in [1.54, 1.807) is 12.1 Å². The van der Waals surface area contributed by atoms with Crippen LogP contribution in [0.15, 0.2) is 42.5 Å². The van der Waals surface area contributed by atoms with Gasteiger partial charge in [-0.25, -0.2) is 0 Å². The van der Waals surface area contributed by atoms with Crippen LogP contribution in [0.5, 0.6) is 11.5 Å². The molecule has 0 aromatic heterocycles. The van der Waals surface area contributed by atoms with Gasteiger partial charge in [-0.05, 0) is 35.2 Å².